The molecule has 0 aromatic carbocycles. The van der Waals surface area contributed by atoms with Gasteiger partial charge in [-0.25, -0.2) is 9.31 Å². The largest absolute Gasteiger partial charge is 0.294 e. The first-order chi connectivity index (χ1) is 6.36. The van der Waals surface area contributed by atoms with Crippen LogP contribution in [0.15, 0.2) is 23.5 Å². The van der Waals surface area contributed by atoms with E-state index in [1.165, 1.54) is 23.5 Å². The molecule has 0 radical (unpaired) electrons. The van der Waals surface area contributed by atoms with Gasteiger partial charge >= 0.3 is 0 Å². The molecule has 0 saturated heterocycles. The zero-order valence-corrected chi connectivity index (χ0v) is 6.28. The third-order valence-corrected chi connectivity index (χ3v) is 1.24. The number of amides is 1. The molecule has 0 spiro atoms. The molecule has 13 heavy (non-hydrogen) atoms. The third-order valence-electron chi connectivity index (χ3n) is 1.24. The molecular weight excluding hydrogens is 176 g/mol. The van der Waals surface area contributed by atoms with Crippen LogP contribution in [-0.4, -0.2) is 31.1 Å². The van der Waals surface area contributed by atoms with Gasteiger partial charge in [-0.3, -0.25) is 10.2 Å². The molecule has 8 heteroatoms. The lowest BCUT2D eigenvalue weighted by molar-refractivity contribution is 0.0998. The molecule has 8 nitrogen and oxygen atoms in total. The molecule has 0 unspecified atom stereocenters. The van der Waals surface area contributed by atoms with E-state index in [0.717, 1.165) is 0 Å². The van der Waals surface area contributed by atoms with Gasteiger partial charge in [0.25, 0.3) is 5.91 Å². The molecule has 2 aromatic heterocycles. The van der Waals surface area contributed by atoms with E-state index in [4.69, 9.17) is 0 Å². The van der Waals surface area contributed by atoms with Crippen LogP contribution in [0.25, 0.3) is 0 Å². The van der Waals surface area contributed by atoms with Crippen molar-refractivity contribution in [2.24, 2.45) is 0 Å². The van der Waals surface area contributed by atoms with Gasteiger partial charge in [0.15, 0.2) is 5.69 Å². The Labute approximate surface area is 71.5 Å². The summed E-state index contributed by atoms with van der Waals surface area (Å²) in [7, 11) is 0. The molecule has 1 N–H and O–H groups in total. The second-order valence-electron chi connectivity index (χ2n) is 2.10. The highest BCUT2D eigenvalue weighted by molar-refractivity contribution is 5.97. The standard InChI is InChI=1S/C5H4N6O2/c12-5(4-1-8-13-10-4)9-11-2-6-7-3-11/h1-3H,(H,9,12). The van der Waals surface area contributed by atoms with E-state index in [1.54, 1.807) is 0 Å². The van der Waals surface area contributed by atoms with Gasteiger partial charge in [0.05, 0.1) is 0 Å². The van der Waals surface area contributed by atoms with Crippen LogP contribution in [0.1, 0.15) is 10.5 Å². The molecule has 0 aliphatic heterocycles. The lowest BCUT2D eigenvalue weighted by Crippen LogP contribution is -2.21. The van der Waals surface area contributed by atoms with E-state index < -0.39 is 5.91 Å². The number of hydrogen-bond acceptors (Lipinski definition) is 6. The van der Waals surface area contributed by atoms with E-state index in [2.05, 4.69) is 30.6 Å². The maximum absolute atomic E-state index is 11.2. The quantitative estimate of drug-likeness (QED) is 0.639. The molecule has 1 amide bonds. The highest BCUT2D eigenvalue weighted by Crippen LogP contribution is 1.91. The van der Waals surface area contributed by atoms with Crippen LogP contribution in [0.2, 0.25) is 0 Å². The van der Waals surface area contributed by atoms with Crippen molar-refractivity contribution in [1.82, 2.24) is 25.2 Å². The van der Waals surface area contributed by atoms with Crippen molar-refractivity contribution in [3.05, 3.63) is 24.5 Å². The number of carbonyl (C=O) groups excluding carboxylic acids is 1. The molecule has 0 aliphatic carbocycles. The molecule has 2 rings (SSSR count). The summed E-state index contributed by atoms with van der Waals surface area (Å²) < 4.78 is 5.54. The van der Waals surface area contributed by atoms with Crippen LogP contribution < -0.4 is 5.43 Å². The summed E-state index contributed by atoms with van der Waals surface area (Å²) in [5, 5.41) is 13.6. The van der Waals surface area contributed by atoms with Crippen LogP contribution in [-0.2, 0) is 0 Å². The Hall–Kier alpha value is -2.25. The Morgan fingerprint density at radius 1 is 1.46 bits per heavy atom. The molecule has 0 fully saturated rings. The molecule has 66 valence electrons. The fraction of sp³-hybridized carbons (Fsp3) is 0. The molecule has 0 aliphatic rings. The second kappa shape index (κ2) is 3.01. The Kier molecular flexibility index (Phi) is 1.71. The van der Waals surface area contributed by atoms with Crippen molar-refractivity contribution in [2.45, 2.75) is 0 Å². The lowest BCUT2D eigenvalue weighted by Gasteiger charge is -1.99. The van der Waals surface area contributed by atoms with Crippen molar-refractivity contribution in [3.8, 4) is 0 Å². The summed E-state index contributed by atoms with van der Waals surface area (Å²) in [4.78, 5) is 11.2. The molecule has 2 aromatic rings. The maximum atomic E-state index is 11.2. The Morgan fingerprint density at radius 2 is 2.23 bits per heavy atom. The minimum atomic E-state index is -0.443. The number of aromatic nitrogens is 5. The van der Waals surface area contributed by atoms with E-state index in [0.29, 0.717) is 0 Å². The molecule has 0 saturated carbocycles. The monoisotopic (exact) mass is 180 g/mol. The summed E-state index contributed by atoms with van der Waals surface area (Å²) in [5.74, 6) is -0.443. The smallest absolute Gasteiger partial charge is 0.265 e. The van der Waals surface area contributed by atoms with Crippen LogP contribution in [0.5, 0.6) is 0 Å². The molecule has 0 atom stereocenters. The van der Waals surface area contributed by atoms with Gasteiger partial charge in [-0.05, 0) is 5.16 Å². The summed E-state index contributed by atoms with van der Waals surface area (Å²) in [5.41, 5.74) is 2.51. The minimum Gasteiger partial charge on any atom is -0.265 e. The number of hydrogen-bond donors (Lipinski definition) is 1. The zero-order valence-electron chi connectivity index (χ0n) is 6.28. The van der Waals surface area contributed by atoms with Crippen molar-refractivity contribution in [1.29, 1.82) is 0 Å². The number of nitrogens with one attached hydrogen (secondary N) is 1. The summed E-state index contributed by atoms with van der Waals surface area (Å²) in [6, 6.07) is 0. The average Bonchev–Trinajstić information content (AvgIpc) is 2.74. The van der Waals surface area contributed by atoms with Gasteiger partial charge in [-0.2, -0.15) is 0 Å². The zero-order chi connectivity index (χ0) is 9.10. The van der Waals surface area contributed by atoms with E-state index in [1.807, 2.05) is 0 Å². The number of rotatable bonds is 2. The van der Waals surface area contributed by atoms with Gasteiger partial charge in [-0.1, -0.05) is 5.16 Å². The Morgan fingerprint density at radius 3 is 2.85 bits per heavy atom. The van der Waals surface area contributed by atoms with Crippen molar-refractivity contribution < 1.29 is 9.42 Å². The first kappa shape index (κ1) is 7.40. The Bertz CT molecular complexity index is 379. The van der Waals surface area contributed by atoms with Crippen molar-refractivity contribution >= 4 is 5.91 Å². The topological polar surface area (TPSA) is 98.7 Å². The molecular formula is C5H4N6O2. The van der Waals surface area contributed by atoms with Gasteiger partial charge in [-0.15, -0.1) is 10.2 Å². The fourth-order valence-electron chi connectivity index (χ4n) is 0.698. The predicted octanol–water partition coefficient (Wildman–Crippen LogP) is -0.955. The highest BCUT2D eigenvalue weighted by Gasteiger charge is 2.09. The normalized spacial score (nSPS) is 9.85. The minimum absolute atomic E-state index is 0.0914. The van der Waals surface area contributed by atoms with Crippen molar-refractivity contribution in [3.63, 3.8) is 0 Å². The summed E-state index contributed by atoms with van der Waals surface area (Å²) in [6.45, 7) is 0. The maximum Gasteiger partial charge on any atom is 0.294 e. The van der Waals surface area contributed by atoms with Gasteiger partial charge < -0.3 is 0 Å². The first-order valence-electron chi connectivity index (χ1n) is 3.30. The number of carbonyl (C=O) groups is 1. The van der Waals surface area contributed by atoms with E-state index in [-0.39, 0.29) is 5.69 Å². The third kappa shape index (κ3) is 1.50. The predicted molar refractivity (Wildman–Crippen MR) is 38.0 cm³/mol. The summed E-state index contributed by atoms with van der Waals surface area (Å²) in [6.07, 6.45) is 3.89. The van der Waals surface area contributed by atoms with Crippen LogP contribution in [0.3, 0.4) is 0 Å². The molecule has 0 bridgehead atoms. The van der Waals surface area contributed by atoms with Crippen molar-refractivity contribution in [2.75, 3.05) is 5.43 Å². The second-order valence-corrected chi connectivity index (χ2v) is 2.10. The van der Waals surface area contributed by atoms with Gasteiger partial charge in [0.1, 0.15) is 18.9 Å². The van der Waals surface area contributed by atoms with E-state index in [9.17, 15) is 4.79 Å². The van der Waals surface area contributed by atoms with Gasteiger partial charge in [0, 0.05) is 0 Å². The lowest BCUT2D eigenvalue weighted by atomic mass is 10.5. The van der Waals surface area contributed by atoms with Crippen LogP contribution in [0.4, 0.5) is 0 Å². The Balaban J connectivity index is 2.08. The molecule has 2 heterocycles. The highest BCUT2D eigenvalue weighted by atomic mass is 16.6. The fourth-order valence-corrected chi connectivity index (χ4v) is 0.698. The summed E-state index contributed by atoms with van der Waals surface area (Å²) >= 11 is 0. The van der Waals surface area contributed by atoms with Crippen LogP contribution in [0, 0.1) is 0 Å². The first-order valence-corrected chi connectivity index (χ1v) is 3.30. The SMILES string of the molecule is O=C(Nn1cnnc1)c1cnon1. The number of nitrogens with zero attached hydrogens (tertiary/aromatic N) is 5. The average molecular weight is 180 g/mol. The van der Waals surface area contributed by atoms with Gasteiger partial charge in [0.2, 0.25) is 0 Å². The van der Waals surface area contributed by atoms with Crippen LogP contribution >= 0.6 is 0 Å². The van der Waals surface area contributed by atoms with E-state index >= 15 is 0 Å².